The summed E-state index contributed by atoms with van der Waals surface area (Å²) >= 11 is 1.46. The summed E-state index contributed by atoms with van der Waals surface area (Å²) < 4.78 is 0. The van der Waals surface area contributed by atoms with Crippen molar-refractivity contribution in [1.82, 2.24) is 15.5 Å². The van der Waals surface area contributed by atoms with Crippen LogP contribution in [0.15, 0.2) is 30.3 Å². The van der Waals surface area contributed by atoms with Crippen molar-refractivity contribution in [2.24, 2.45) is 0 Å². The van der Waals surface area contributed by atoms with Gasteiger partial charge in [-0.25, -0.2) is 4.79 Å². The van der Waals surface area contributed by atoms with Crippen LogP contribution in [0.4, 0.5) is 9.93 Å². The monoisotopic (exact) mass is 288 g/mol. The second-order valence-corrected chi connectivity index (χ2v) is 5.96. The van der Waals surface area contributed by atoms with E-state index in [-0.39, 0.29) is 12.1 Å². The Hall–Kier alpha value is -1.95. The molecule has 6 heteroatoms. The first-order chi connectivity index (χ1) is 9.72. The van der Waals surface area contributed by atoms with Crippen molar-refractivity contribution in [3.8, 4) is 0 Å². The lowest BCUT2D eigenvalue weighted by molar-refractivity contribution is 0.249. The van der Waals surface area contributed by atoms with E-state index in [2.05, 4.69) is 20.8 Å². The number of carbonyl (C=O) groups excluding carboxylic acids is 1. The Balaban J connectivity index is 1.56. The van der Waals surface area contributed by atoms with E-state index in [0.717, 1.165) is 10.6 Å². The van der Waals surface area contributed by atoms with Gasteiger partial charge in [0.25, 0.3) is 0 Å². The Morgan fingerprint density at radius 3 is 2.75 bits per heavy atom. The fourth-order valence-electron chi connectivity index (χ4n) is 1.94. The SMILES string of the molecule is C[C@@H](NC(=O)Nc1nnc(C2CC2)s1)c1ccccc1. The number of anilines is 1. The third-order valence-electron chi connectivity index (χ3n) is 3.23. The number of rotatable bonds is 4. The third-order valence-corrected chi connectivity index (χ3v) is 4.24. The van der Waals surface area contributed by atoms with Gasteiger partial charge in [-0.15, -0.1) is 10.2 Å². The topological polar surface area (TPSA) is 66.9 Å². The molecule has 0 bridgehead atoms. The highest BCUT2D eigenvalue weighted by Gasteiger charge is 2.27. The Morgan fingerprint density at radius 1 is 1.30 bits per heavy atom. The van der Waals surface area contributed by atoms with Gasteiger partial charge < -0.3 is 5.32 Å². The number of urea groups is 1. The lowest BCUT2D eigenvalue weighted by Crippen LogP contribution is -2.31. The first-order valence-corrected chi connectivity index (χ1v) is 7.50. The number of aromatic nitrogens is 2. The normalized spacial score (nSPS) is 15.7. The summed E-state index contributed by atoms with van der Waals surface area (Å²) in [5, 5.41) is 15.3. The molecule has 0 unspecified atom stereocenters. The van der Waals surface area contributed by atoms with Crippen molar-refractivity contribution < 1.29 is 4.79 Å². The molecule has 0 radical (unpaired) electrons. The number of benzene rings is 1. The molecule has 1 aliphatic rings. The van der Waals surface area contributed by atoms with Crippen molar-refractivity contribution >= 4 is 22.5 Å². The van der Waals surface area contributed by atoms with Gasteiger partial charge in [0.15, 0.2) is 0 Å². The van der Waals surface area contributed by atoms with Crippen LogP contribution in [0.3, 0.4) is 0 Å². The highest BCUT2D eigenvalue weighted by atomic mass is 32.1. The Bertz CT molecular complexity index is 594. The van der Waals surface area contributed by atoms with Crippen LogP contribution < -0.4 is 10.6 Å². The van der Waals surface area contributed by atoms with Crippen LogP contribution in [0.5, 0.6) is 0 Å². The first kappa shape index (κ1) is 13.1. The summed E-state index contributed by atoms with van der Waals surface area (Å²) in [4.78, 5) is 11.9. The van der Waals surface area contributed by atoms with Crippen LogP contribution in [0.1, 0.15) is 42.3 Å². The van der Waals surface area contributed by atoms with Crippen LogP contribution in [-0.2, 0) is 0 Å². The van der Waals surface area contributed by atoms with Gasteiger partial charge in [-0.1, -0.05) is 41.7 Å². The van der Waals surface area contributed by atoms with Gasteiger partial charge in [-0.3, -0.25) is 5.32 Å². The van der Waals surface area contributed by atoms with Crippen molar-refractivity contribution in [2.45, 2.75) is 31.7 Å². The molecule has 0 spiro atoms. The molecular weight excluding hydrogens is 272 g/mol. The van der Waals surface area contributed by atoms with E-state index in [1.54, 1.807) is 0 Å². The molecule has 5 nitrogen and oxygen atoms in total. The number of nitrogens with one attached hydrogen (secondary N) is 2. The molecule has 1 atom stereocenters. The molecule has 104 valence electrons. The van der Waals surface area contributed by atoms with E-state index in [9.17, 15) is 4.79 Å². The van der Waals surface area contributed by atoms with Gasteiger partial charge in [-0.2, -0.15) is 0 Å². The molecule has 0 aliphatic heterocycles. The molecular formula is C14H16N4OS. The number of nitrogens with zero attached hydrogens (tertiary/aromatic N) is 2. The van der Waals surface area contributed by atoms with Crippen molar-refractivity contribution in [3.05, 3.63) is 40.9 Å². The predicted octanol–water partition coefficient (Wildman–Crippen LogP) is 3.30. The minimum atomic E-state index is -0.250. The lowest BCUT2D eigenvalue weighted by Gasteiger charge is -2.13. The fraction of sp³-hybridized carbons (Fsp3) is 0.357. The number of amides is 2. The van der Waals surface area contributed by atoms with Gasteiger partial charge in [0.2, 0.25) is 5.13 Å². The lowest BCUT2D eigenvalue weighted by atomic mass is 10.1. The summed E-state index contributed by atoms with van der Waals surface area (Å²) in [6, 6.07) is 9.54. The van der Waals surface area contributed by atoms with Crippen LogP contribution in [0.25, 0.3) is 0 Å². The smallest absolute Gasteiger partial charge is 0.321 e. The molecule has 1 heterocycles. The second kappa shape index (κ2) is 5.58. The Labute approximate surface area is 121 Å². The van der Waals surface area contributed by atoms with Crippen LogP contribution in [0, 0.1) is 0 Å². The summed E-state index contributed by atoms with van der Waals surface area (Å²) in [7, 11) is 0. The van der Waals surface area contributed by atoms with E-state index < -0.39 is 0 Å². The average molecular weight is 288 g/mol. The zero-order valence-electron chi connectivity index (χ0n) is 11.2. The highest BCUT2D eigenvalue weighted by molar-refractivity contribution is 7.15. The largest absolute Gasteiger partial charge is 0.331 e. The third kappa shape index (κ3) is 3.14. The van der Waals surface area contributed by atoms with E-state index >= 15 is 0 Å². The molecule has 1 aromatic carbocycles. The van der Waals surface area contributed by atoms with Crippen molar-refractivity contribution in [1.29, 1.82) is 0 Å². The molecule has 1 fully saturated rings. The van der Waals surface area contributed by atoms with Gasteiger partial charge in [0.05, 0.1) is 6.04 Å². The minimum absolute atomic E-state index is 0.0491. The zero-order valence-corrected chi connectivity index (χ0v) is 12.0. The molecule has 2 aromatic rings. The average Bonchev–Trinajstić information content (AvgIpc) is 3.20. The van der Waals surface area contributed by atoms with Gasteiger partial charge in [0, 0.05) is 5.92 Å². The van der Waals surface area contributed by atoms with Gasteiger partial charge in [0.1, 0.15) is 5.01 Å². The zero-order chi connectivity index (χ0) is 13.9. The first-order valence-electron chi connectivity index (χ1n) is 6.68. The van der Waals surface area contributed by atoms with E-state index in [1.807, 2.05) is 37.3 Å². The molecule has 2 N–H and O–H groups in total. The maximum atomic E-state index is 11.9. The molecule has 2 amide bonds. The Morgan fingerprint density at radius 2 is 2.05 bits per heavy atom. The van der Waals surface area contributed by atoms with Crippen LogP contribution in [0.2, 0.25) is 0 Å². The minimum Gasteiger partial charge on any atom is -0.331 e. The summed E-state index contributed by atoms with van der Waals surface area (Å²) in [5.74, 6) is 0.564. The number of hydrogen-bond donors (Lipinski definition) is 2. The molecule has 20 heavy (non-hydrogen) atoms. The number of hydrogen-bond acceptors (Lipinski definition) is 4. The molecule has 0 saturated heterocycles. The maximum absolute atomic E-state index is 11.9. The standard InChI is InChI=1S/C14H16N4OS/c1-9(10-5-3-2-4-6-10)15-13(19)16-14-18-17-12(20-14)11-7-8-11/h2-6,9,11H,7-8H2,1H3,(H2,15,16,18,19)/t9-/m1/s1. The predicted molar refractivity (Wildman–Crippen MR) is 78.9 cm³/mol. The van der Waals surface area contributed by atoms with Gasteiger partial charge in [-0.05, 0) is 25.3 Å². The quantitative estimate of drug-likeness (QED) is 0.907. The molecule has 1 aromatic heterocycles. The van der Waals surface area contributed by atoms with E-state index in [1.165, 1.54) is 24.2 Å². The summed E-state index contributed by atoms with van der Waals surface area (Å²) in [6.07, 6.45) is 2.37. The van der Waals surface area contributed by atoms with Crippen molar-refractivity contribution in [3.63, 3.8) is 0 Å². The number of carbonyl (C=O) groups is 1. The fourth-order valence-corrected chi connectivity index (χ4v) is 2.84. The molecule has 1 saturated carbocycles. The van der Waals surface area contributed by atoms with Crippen LogP contribution >= 0.6 is 11.3 Å². The van der Waals surface area contributed by atoms with E-state index in [4.69, 9.17) is 0 Å². The maximum Gasteiger partial charge on any atom is 0.321 e. The van der Waals surface area contributed by atoms with Crippen molar-refractivity contribution in [2.75, 3.05) is 5.32 Å². The van der Waals surface area contributed by atoms with E-state index in [0.29, 0.717) is 11.0 Å². The van der Waals surface area contributed by atoms with Gasteiger partial charge >= 0.3 is 6.03 Å². The molecule has 3 rings (SSSR count). The molecule has 1 aliphatic carbocycles. The van der Waals surface area contributed by atoms with Crippen LogP contribution in [-0.4, -0.2) is 16.2 Å². The summed E-state index contributed by atoms with van der Waals surface area (Å²) in [5.41, 5.74) is 1.07. The highest BCUT2D eigenvalue weighted by Crippen LogP contribution is 2.41. The second-order valence-electron chi connectivity index (χ2n) is 4.95. The Kier molecular flexibility index (Phi) is 3.64. The summed E-state index contributed by atoms with van der Waals surface area (Å²) in [6.45, 7) is 1.95.